The van der Waals surface area contributed by atoms with Crippen LogP contribution in [0.4, 0.5) is 0 Å². The summed E-state index contributed by atoms with van der Waals surface area (Å²) in [7, 11) is 3.41. The minimum absolute atomic E-state index is 0.215. The number of aryl methyl sites for hydroxylation is 1. The average molecular weight is 267 g/mol. The van der Waals surface area contributed by atoms with Crippen LogP contribution < -0.4 is 0 Å². The van der Waals surface area contributed by atoms with E-state index in [0.717, 1.165) is 44.2 Å². The number of hydrogen-bond donors (Lipinski definition) is 0. The Morgan fingerprint density at radius 3 is 2.79 bits per heavy atom. The van der Waals surface area contributed by atoms with Gasteiger partial charge in [0, 0.05) is 39.6 Å². The quantitative estimate of drug-likeness (QED) is 0.743. The van der Waals surface area contributed by atoms with E-state index in [9.17, 15) is 0 Å². The predicted molar refractivity (Wildman–Crippen MR) is 67.7 cm³/mol. The van der Waals surface area contributed by atoms with Crippen LogP contribution in [0.25, 0.3) is 0 Å². The van der Waals surface area contributed by atoms with Crippen molar-refractivity contribution < 1.29 is 14.0 Å². The maximum atomic E-state index is 5.63. The standard InChI is InChI=1S/C13H21N3O3/c1-4-5-11-14-12(19-15-11)9-6-16-7-10(9)13(8-16,17-2)18-3/h9-10H,4-8H2,1-3H3. The summed E-state index contributed by atoms with van der Waals surface area (Å²) < 4.78 is 16.7. The number of aromatic nitrogens is 2. The molecule has 1 aromatic heterocycles. The molecule has 0 aromatic carbocycles. The van der Waals surface area contributed by atoms with Gasteiger partial charge >= 0.3 is 0 Å². The maximum Gasteiger partial charge on any atom is 0.231 e. The first-order valence-corrected chi connectivity index (χ1v) is 6.87. The molecule has 0 N–H and O–H groups in total. The van der Waals surface area contributed by atoms with Gasteiger partial charge in [-0.25, -0.2) is 0 Å². The molecule has 3 rings (SSSR count). The number of hydrogen-bond acceptors (Lipinski definition) is 6. The summed E-state index contributed by atoms with van der Waals surface area (Å²) in [5.74, 6) is 1.48. The van der Waals surface area contributed by atoms with E-state index >= 15 is 0 Å². The van der Waals surface area contributed by atoms with Crippen LogP contribution in [0.3, 0.4) is 0 Å². The van der Waals surface area contributed by atoms with Crippen molar-refractivity contribution in [3.63, 3.8) is 0 Å². The van der Waals surface area contributed by atoms with Crippen molar-refractivity contribution >= 4 is 0 Å². The third-order valence-corrected chi connectivity index (χ3v) is 4.37. The molecule has 2 aliphatic heterocycles. The molecule has 2 aliphatic rings. The zero-order chi connectivity index (χ0) is 13.5. The number of rotatable bonds is 5. The summed E-state index contributed by atoms with van der Waals surface area (Å²) in [6.45, 7) is 4.85. The van der Waals surface area contributed by atoms with E-state index in [2.05, 4.69) is 22.0 Å². The molecule has 2 saturated heterocycles. The molecule has 0 radical (unpaired) electrons. The van der Waals surface area contributed by atoms with Crippen molar-refractivity contribution in [2.75, 3.05) is 33.9 Å². The molecule has 2 fully saturated rings. The van der Waals surface area contributed by atoms with E-state index < -0.39 is 5.79 Å². The molecule has 3 heterocycles. The van der Waals surface area contributed by atoms with E-state index in [1.807, 2.05) is 0 Å². The molecule has 2 bridgehead atoms. The molecule has 0 amide bonds. The lowest BCUT2D eigenvalue weighted by Gasteiger charge is -2.37. The van der Waals surface area contributed by atoms with Gasteiger partial charge in [-0.3, -0.25) is 4.90 Å². The Morgan fingerprint density at radius 1 is 1.37 bits per heavy atom. The summed E-state index contributed by atoms with van der Waals surface area (Å²) in [5, 5.41) is 4.05. The molecule has 0 spiro atoms. The van der Waals surface area contributed by atoms with Crippen molar-refractivity contribution in [3.05, 3.63) is 11.7 Å². The largest absolute Gasteiger partial charge is 0.352 e. The summed E-state index contributed by atoms with van der Waals surface area (Å²) in [5.41, 5.74) is 0. The topological polar surface area (TPSA) is 60.6 Å². The monoisotopic (exact) mass is 267 g/mol. The van der Waals surface area contributed by atoms with Crippen molar-refractivity contribution in [2.24, 2.45) is 5.92 Å². The van der Waals surface area contributed by atoms with Crippen LogP contribution in [0.1, 0.15) is 31.0 Å². The van der Waals surface area contributed by atoms with Gasteiger partial charge in [-0.05, 0) is 6.42 Å². The number of methoxy groups -OCH3 is 2. The second-order valence-electron chi connectivity index (χ2n) is 5.43. The van der Waals surface area contributed by atoms with Gasteiger partial charge in [-0.1, -0.05) is 12.1 Å². The van der Waals surface area contributed by atoms with Crippen LogP contribution in [-0.2, 0) is 15.9 Å². The molecule has 1 aromatic rings. The highest BCUT2D eigenvalue weighted by Crippen LogP contribution is 2.46. The number of piperidine rings is 1. The van der Waals surface area contributed by atoms with E-state index in [1.165, 1.54) is 0 Å². The van der Waals surface area contributed by atoms with E-state index in [-0.39, 0.29) is 11.8 Å². The van der Waals surface area contributed by atoms with Gasteiger partial charge in [0.2, 0.25) is 5.89 Å². The molecule has 0 aliphatic carbocycles. The van der Waals surface area contributed by atoms with Gasteiger partial charge in [-0.15, -0.1) is 0 Å². The van der Waals surface area contributed by atoms with Gasteiger partial charge in [0.1, 0.15) is 0 Å². The van der Waals surface area contributed by atoms with Crippen LogP contribution >= 0.6 is 0 Å². The first-order valence-electron chi connectivity index (χ1n) is 6.87. The molecular formula is C13H21N3O3. The fourth-order valence-electron chi connectivity index (χ4n) is 3.40. The molecule has 3 atom stereocenters. The smallest absolute Gasteiger partial charge is 0.231 e. The second kappa shape index (κ2) is 4.85. The Bertz CT molecular complexity index is 444. The van der Waals surface area contributed by atoms with Crippen LogP contribution in [0.5, 0.6) is 0 Å². The average Bonchev–Trinajstić information content (AvgIpc) is 3.11. The third kappa shape index (κ3) is 1.98. The third-order valence-electron chi connectivity index (χ3n) is 4.37. The van der Waals surface area contributed by atoms with Crippen LogP contribution in [0.15, 0.2) is 4.52 Å². The second-order valence-corrected chi connectivity index (χ2v) is 5.43. The van der Waals surface area contributed by atoms with E-state index in [0.29, 0.717) is 0 Å². The fraction of sp³-hybridized carbons (Fsp3) is 0.846. The van der Waals surface area contributed by atoms with Gasteiger partial charge in [-0.2, -0.15) is 4.98 Å². The Kier molecular flexibility index (Phi) is 3.32. The van der Waals surface area contributed by atoms with Crippen molar-refractivity contribution in [3.8, 4) is 0 Å². The summed E-state index contributed by atoms with van der Waals surface area (Å²) in [4.78, 5) is 6.86. The predicted octanol–water partition coefficient (Wildman–Crippen LogP) is 1.04. The molecule has 6 nitrogen and oxygen atoms in total. The number of ether oxygens (including phenoxy) is 2. The van der Waals surface area contributed by atoms with E-state index in [4.69, 9.17) is 14.0 Å². The minimum atomic E-state index is -0.525. The molecule has 106 valence electrons. The maximum absolute atomic E-state index is 5.63. The lowest BCUT2D eigenvalue weighted by Crippen LogP contribution is -2.48. The highest BCUT2D eigenvalue weighted by Gasteiger charge is 2.58. The SMILES string of the molecule is CCCc1noc(C2CN3CC2C(OC)(OC)C3)n1. The van der Waals surface area contributed by atoms with Gasteiger partial charge < -0.3 is 14.0 Å². The first kappa shape index (κ1) is 13.0. The Hall–Kier alpha value is -0.980. The lowest BCUT2D eigenvalue weighted by atomic mass is 9.87. The first-order chi connectivity index (χ1) is 9.22. The number of nitrogens with zero attached hydrogens (tertiary/aromatic N) is 3. The Morgan fingerprint density at radius 2 is 2.16 bits per heavy atom. The molecule has 6 heteroatoms. The zero-order valence-corrected chi connectivity index (χ0v) is 11.8. The van der Waals surface area contributed by atoms with Crippen molar-refractivity contribution in [1.82, 2.24) is 15.0 Å². The van der Waals surface area contributed by atoms with Gasteiger partial charge in [0.05, 0.1) is 12.5 Å². The van der Waals surface area contributed by atoms with Crippen molar-refractivity contribution in [2.45, 2.75) is 31.5 Å². The van der Waals surface area contributed by atoms with Gasteiger partial charge in [0.25, 0.3) is 0 Å². The minimum Gasteiger partial charge on any atom is -0.352 e. The van der Waals surface area contributed by atoms with Crippen LogP contribution in [-0.4, -0.2) is 54.7 Å². The normalized spacial score (nSPS) is 32.1. The summed E-state index contributed by atoms with van der Waals surface area (Å²) in [6.07, 6.45) is 1.89. The Balaban J connectivity index is 1.82. The molecule has 19 heavy (non-hydrogen) atoms. The Labute approximate surface area is 113 Å². The highest BCUT2D eigenvalue weighted by atomic mass is 16.7. The summed E-state index contributed by atoms with van der Waals surface area (Å²) >= 11 is 0. The van der Waals surface area contributed by atoms with Crippen LogP contribution in [0.2, 0.25) is 0 Å². The molecular weight excluding hydrogens is 246 g/mol. The van der Waals surface area contributed by atoms with E-state index in [1.54, 1.807) is 14.2 Å². The number of fused-ring (bicyclic) bond motifs is 2. The van der Waals surface area contributed by atoms with Crippen LogP contribution in [0, 0.1) is 5.92 Å². The highest BCUT2D eigenvalue weighted by molar-refractivity contribution is 5.12. The lowest BCUT2D eigenvalue weighted by molar-refractivity contribution is -0.232. The molecule has 0 saturated carbocycles. The fourth-order valence-corrected chi connectivity index (χ4v) is 3.40. The van der Waals surface area contributed by atoms with Gasteiger partial charge in [0.15, 0.2) is 11.6 Å². The summed E-state index contributed by atoms with van der Waals surface area (Å²) in [6, 6.07) is 0. The molecule has 3 unspecified atom stereocenters. The van der Waals surface area contributed by atoms with Crippen molar-refractivity contribution in [1.29, 1.82) is 0 Å². The zero-order valence-electron chi connectivity index (χ0n) is 11.8.